The first-order chi connectivity index (χ1) is 15.0. The van der Waals surface area contributed by atoms with Crippen molar-refractivity contribution in [1.82, 2.24) is 0 Å². The van der Waals surface area contributed by atoms with Gasteiger partial charge >= 0.3 is 0 Å². The Morgan fingerprint density at radius 1 is 0.839 bits per heavy atom. The molecule has 0 aromatic heterocycles. The van der Waals surface area contributed by atoms with E-state index < -0.39 is 0 Å². The van der Waals surface area contributed by atoms with Gasteiger partial charge in [-0.3, -0.25) is 0 Å². The molecule has 4 aliphatic rings. The van der Waals surface area contributed by atoms with E-state index in [0.717, 1.165) is 46.8 Å². The first-order valence-electron chi connectivity index (χ1n) is 14.5. The summed E-state index contributed by atoms with van der Waals surface area (Å²) in [5, 5.41) is 1.20. The van der Waals surface area contributed by atoms with Gasteiger partial charge < -0.3 is 0 Å². The first kappa shape index (κ1) is 29.5. The highest BCUT2D eigenvalue weighted by atomic mass is 79.9. The molecule has 1 heteroatoms. The maximum atomic E-state index is 3.81. The summed E-state index contributed by atoms with van der Waals surface area (Å²) >= 11 is 3.81. The second-order valence-electron chi connectivity index (χ2n) is 11.0. The Kier molecular flexibility index (Phi) is 12.7. The normalized spacial score (nSPS) is 43.8. The summed E-state index contributed by atoms with van der Waals surface area (Å²) in [4.78, 5) is 0. The summed E-state index contributed by atoms with van der Waals surface area (Å²) in [5.41, 5.74) is 1.38. The van der Waals surface area contributed by atoms with Crippen LogP contribution in [-0.4, -0.2) is 5.33 Å². The minimum atomic E-state index is 0.651. The molecule has 0 aliphatic heterocycles. The lowest BCUT2D eigenvalue weighted by Crippen LogP contribution is -2.54. The first-order valence-corrected chi connectivity index (χ1v) is 15.6. The van der Waals surface area contributed by atoms with Gasteiger partial charge in [-0.05, 0) is 110 Å². The quantitative estimate of drug-likeness (QED) is 0.339. The molecule has 186 valence electrons. The van der Waals surface area contributed by atoms with Crippen LogP contribution in [0.25, 0.3) is 0 Å². The van der Waals surface area contributed by atoms with Crippen molar-refractivity contribution < 1.29 is 0 Å². The van der Waals surface area contributed by atoms with Crippen molar-refractivity contribution in [1.29, 1.82) is 0 Å². The molecule has 4 saturated carbocycles. The molecule has 4 fully saturated rings. The molecule has 4 rings (SSSR count). The van der Waals surface area contributed by atoms with Crippen LogP contribution in [0.2, 0.25) is 0 Å². The lowest BCUT2D eigenvalue weighted by atomic mass is 9.43. The van der Waals surface area contributed by atoms with E-state index in [-0.39, 0.29) is 0 Å². The summed E-state index contributed by atoms with van der Waals surface area (Å²) in [6, 6.07) is 0. The Labute approximate surface area is 206 Å². The Morgan fingerprint density at radius 3 is 2.06 bits per heavy atom. The van der Waals surface area contributed by atoms with Crippen LogP contribution in [0, 0.1) is 52.3 Å². The number of halogens is 1. The van der Waals surface area contributed by atoms with Gasteiger partial charge in [0.1, 0.15) is 0 Å². The molecule has 0 amide bonds. The number of alkyl halides is 1. The van der Waals surface area contributed by atoms with Crippen LogP contribution >= 0.6 is 15.9 Å². The Hall–Kier alpha value is 0.480. The Morgan fingerprint density at radius 2 is 1.48 bits per heavy atom. The van der Waals surface area contributed by atoms with Crippen LogP contribution in [0.5, 0.6) is 0 Å². The summed E-state index contributed by atoms with van der Waals surface area (Å²) < 4.78 is 0. The fourth-order valence-corrected chi connectivity index (χ4v) is 9.51. The second kappa shape index (κ2) is 13.4. The van der Waals surface area contributed by atoms with Gasteiger partial charge in [-0.1, -0.05) is 91.6 Å². The minimum absolute atomic E-state index is 0.651. The van der Waals surface area contributed by atoms with Crippen LogP contribution in [0.1, 0.15) is 133 Å². The van der Waals surface area contributed by atoms with Crippen molar-refractivity contribution in [2.75, 3.05) is 5.33 Å². The van der Waals surface area contributed by atoms with E-state index in [2.05, 4.69) is 43.6 Å². The maximum Gasteiger partial charge on any atom is 0.00598 e. The van der Waals surface area contributed by atoms with Crippen molar-refractivity contribution in [2.45, 2.75) is 133 Å². The predicted octanol–water partition coefficient (Wildman–Crippen LogP) is 10.8. The van der Waals surface area contributed by atoms with Gasteiger partial charge in [-0.25, -0.2) is 0 Å². The van der Waals surface area contributed by atoms with Crippen LogP contribution in [-0.2, 0) is 0 Å². The molecule has 0 nitrogen and oxygen atoms in total. The lowest BCUT2D eigenvalue weighted by molar-refractivity contribution is -0.130. The van der Waals surface area contributed by atoms with Gasteiger partial charge in [0.05, 0.1) is 0 Å². The van der Waals surface area contributed by atoms with Gasteiger partial charge in [-0.15, -0.1) is 0 Å². The smallest absolute Gasteiger partial charge is 0.00598 e. The predicted molar refractivity (Wildman–Crippen MR) is 146 cm³/mol. The SMILES string of the molecule is CC.CC.CC.CCC12CCC(C)CC1CCC1C3CCC(C(C)CBr)C3(C)CCC12. The van der Waals surface area contributed by atoms with Gasteiger partial charge in [0.25, 0.3) is 0 Å². The Bertz CT molecular complexity index is 487. The monoisotopic (exact) mass is 498 g/mol. The van der Waals surface area contributed by atoms with Crippen LogP contribution in [0.3, 0.4) is 0 Å². The summed E-state index contributed by atoms with van der Waals surface area (Å²) in [5.74, 6) is 7.06. The average molecular weight is 500 g/mol. The fraction of sp³-hybridized carbons (Fsp3) is 1.00. The van der Waals surface area contributed by atoms with E-state index in [1.807, 2.05) is 41.5 Å². The molecular weight excluding hydrogens is 440 g/mol. The summed E-state index contributed by atoms with van der Waals surface area (Å²) in [6.07, 6.45) is 15.4. The van der Waals surface area contributed by atoms with Gasteiger partial charge in [0, 0.05) is 5.33 Å². The number of hydrogen-bond donors (Lipinski definition) is 0. The topological polar surface area (TPSA) is 0 Å². The largest absolute Gasteiger partial charge is 0.0925 e. The second-order valence-corrected chi connectivity index (χ2v) is 11.6. The number of rotatable bonds is 3. The van der Waals surface area contributed by atoms with Crippen molar-refractivity contribution in [3.05, 3.63) is 0 Å². The highest BCUT2D eigenvalue weighted by Crippen LogP contribution is 2.69. The van der Waals surface area contributed by atoms with Crippen molar-refractivity contribution in [3.63, 3.8) is 0 Å². The van der Waals surface area contributed by atoms with Gasteiger partial charge in [-0.2, -0.15) is 0 Å². The molecule has 31 heavy (non-hydrogen) atoms. The average Bonchev–Trinajstić information content (AvgIpc) is 3.19. The third-order valence-corrected chi connectivity index (χ3v) is 11.3. The molecule has 9 atom stereocenters. The molecule has 0 aromatic rings. The maximum absolute atomic E-state index is 3.81. The third-order valence-electron chi connectivity index (χ3n) is 10.3. The van der Waals surface area contributed by atoms with Gasteiger partial charge in [0.2, 0.25) is 0 Å². The van der Waals surface area contributed by atoms with E-state index in [4.69, 9.17) is 0 Å². The molecule has 0 spiro atoms. The zero-order chi connectivity index (χ0) is 23.8. The molecule has 0 radical (unpaired) electrons. The van der Waals surface area contributed by atoms with E-state index >= 15 is 0 Å². The molecule has 9 unspecified atom stereocenters. The highest BCUT2D eigenvalue weighted by molar-refractivity contribution is 9.09. The van der Waals surface area contributed by atoms with E-state index in [1.54, 1.807) is 38.5 Å². The van der Waals surface area contributed by atoms with Crippen LogP contribution in [0.15, 0.2) is 0 Å². The standard InChI is InChI=1S/C24H41Br.3C2H6/c1-5-24-13-10-16(2)14-18(24)6-7-19-21-9-8-20(17(3)15-25)23(21,4)12-11-22(19)24;3*1-2/h16-22H,5-15H2,1-4H3;3*1-2H3. The van der Waals surface area contributed by atoms with Crippen LogP contribution < -0.4 is 0 Å². The molecule has 0 aromatic carbocycles. The molecule has 0 heterocycles. The fourth-order valence-electron chi connectivity index (χ4n) is 9.06. The van der Waals surface area contributed by atoms with Crippen molar-refractivity contribution in [3.8, 4) is 0 Å². The van der Waals surface area contributed by atoms with Crippen molar-refractivity contribution in [2.24, 2.45) is 52.3 Å². The molecular formula is C30H59Br. The highest BCUT2D eigenvalue weighted by Gasteiger charge is 2.61. The molecule has 0 bridgehead atoms. The molecule has 4 aliphatic carbocycles. The third kappa shape index (κ3) is 5.43. The van der Waals surface area contributed by atoms with Gasteiger partial charge in [0.15, 0.2) is 0 Å². The van der Waals surface area contributed by atoms with Crippen LogP contribution in [0.4, 0.5) is 0 Å². The summed E-state index contributed by atoms with van der Waals surface area (Å²) in [7, 11) is 0. The lowest BCUT2D eigenvalue weighted by Gasteiger charge is -2.62. The number of fused-ring (bicyclic) bond motifs is 5. The zero-order valence-electron chi connectivity index (χ0n) is 23.2. The van der Waals surface area contributed by atoms with E-state index in [1.165, 1.54) is 31.0 Å². The molecule has 0 N–H and O–H groups in total. The van der Waals surface area contributed by atoms with E-state index in [0.29, 0.717) is 5.41 Å². The molecule has 0 saturated heterocycles. The summed E-state index contributed by atoms with van der Waals surface area (Å²) in [6.45, 7) is 22.3. The van der Waals surface area contributed by atoms with E-state index in [9.17, 15) is 0 Å². The Balaban J connectivity index is 0.000000739. The zero-order valence-corrected chi connectivity index (χ0v) is 24.8. The number of hydrogen-bond acceptors (Lipinski definition) is 0. The minimum Gasteiger partial charge on any atom is -0.0925 e. The van der Waals surface area contributed by atoms with Crippen molar-refractivity contribution >= 4 is 15.9 Å².